The van der Waals surface area contributed by atoms with Crippen LogP contribution in [0.25, 0.3) is 121 Å². The van der Waals surface area contributed by atoms with Crippen molar-refractivity contribution >= 4 is 93.0 Å². The van der Waals surface area contributed by atoms with Gasteiger partial charge in [-0.3, -0.25) is 0 Å². The Bertz CT molecular complexity index is 4570. The molecule has 0 spiro atoms. The minimum absolute atomic E-state index is 1.10. The summed E-state index contributed by atoms with van der Waals surface area (Å²) in [5.41, 5.74) is 17.5. The Morgan fingerprint density at radius 2 is 0.520 bits per heavy atom. The summed E-state index contributed by atoms with van der Waals surface area (Å²) in [5.74, 6) is 0. The normalized spacial score (nSPS) is 11.7. The van der Waals surface area contributed by atoms with Gasteiger partial charge in [0.2, 0.25) is 0 Å². The van der Waals surface area contributed by atoms with E-state index >= 15 is 0 Å². The number of aromatic nitrogens is 2. The number of hydrogen-bond acceptors (Lipinski definition) is 1. The van der Waals surface area contributed by atoms with Gasteiger partial charge in [-0.25, -0.2) is 0 Å². The Balaban J connectivity index is 0.865. The third kappa shape index (κ3) is 7.05. The summed E-state index contributed by atoms with van der Waals surface area (Å²) >= 11 is 0. The predicted octanol–water partition coefficient (Wildman–Crippen LogP) is 19.8. The van der Waals surface area contributed by atoms with E-state index in [-0.39, 0.29) is 0 Å². The maximum Gasteiger partial charge on any atom is 0.0541 e. The van der Waals surface area contributed by atoms with Crippen LogP contribution in [0.2, 0.25) is 0 Å². The second kappa shape index (κ2) is 17.4. The molecule has 0 aliphatic rings. The first kappa shape index (κ1) is 42.7. The van der Waals surface area contributed by atoms with E-state index in [0.29, 0.717) is 0 Å². The summed E-state index contributed by atoms with van der Waals surface area (Å²) in [4.78, 5) is 2.34. The summed E-state index contributed by atoms with van der Waals surface area (Å²) in [6.45, 7) is 0. The standard InChI is InChI=1S/C72H47N3/c1-3-15-48(16-4-1)49-27-35-55(36-28-49)73(54-17-5-2-6-18-54)56-37-29-50(30-38-56)52-33-43-71-67(45-52)68-46-53(51-31-39-57(40-32-51)74-69-25-13-11-23-64(69)65-24-12-14-26-70(65)74)34-44-72(68)75(71)58-41-42-63-61-21-8-7-19-59(61)60-20-9-10-22-62(60)66(63)47-58/h1-47H. The summed E-state index contributed by atoms with van der Waals surface area (Å²) in [7, 11) is 0. The average Bonchev–Trinajstić information content (AvgIpc) is 4.04. The maximum atomic E-state index is 2.47. The third-order valence-electron chi connectivity index (χ3n) is 15.5. The highest BCUT2D eigenvalue weighted by molar-refractivity contribution is 6.26. The molecule has 0 fully saturated rings. The van der Waals surface area contributed by atoms with Crippen molar-refractivity contribution < 1.29 is 0 Å². The zero-order chi connectivity index (χ0) is 49.4. The molecule has 0 atom stereocenters. The lowest BCUT2D eigenvalue weighted by Gasteiger charge is -2.26. The van der Waals surface area contributed by atoms with Gasteiger partial charge in [-0.2, -0.15) is 0 Å². The van der Waals surface area contributed by atoms with Crippen molar-refractivity contribution in [2.45, 2.75) is 0 Å². The van der Waals surface area contributed by atoms with Crippen LogP contribution in [0.5, 0.6) is 0 Å². The molecule has 3 nitrogen and oxygen atoms in total. The van der Waals surface area contributed by atoms with E-state index < -0.39 is 0 Å². The zero-order valence-electron chi connectivity index (χ0n) is 41.0. The smallest absolute Gasteiger partial charge is 0.0541 e. The van der Waals surface area contributed by atoms with Crippen LogP contribution in [0, 0.1) is 0 Å². The van der Waals surface area contributed by atoms with Crippen LogP contribution in [0.4, 0.5) is 17.1 Å². The molecule has 2 heterocycles. The lowest BCUT2D eigenvalue weighted by molar-refractivity contribution is 1.18. The van der Waals surface area contributed by atoms with Crippen molar-refractivity contribution in [3.05, 3.63) is 285 Å². The second-order valence-corrected chi connectivity index (χ2v) is 19.7. The molecular weight excluding hydrogens is 907 g/mol. The minimum atomic E-state index is 1.10. The van der Waals surface area contributed by atoms with Crippen LogP contribution in [-0.2, 0) is 0 Å². The van der Waals surface area contributed by atoms with Gasteiger partial charge in [0, 0.05) is 50.0 Å². The van der Waals surface area contributed by atoms with Crippen molar-refractivity contribution in [3.8, 4) is 44.8 Å². The van der Waals surface area contributed by atoms with Crippen molar-refractivity contribution in [3.63, 3.8) is 0 Å². The molecule has 0 saturated carbocycles. The molecule has 0 saturated heterocycles. The highest BCUT2D eigenvalue weighted by Crippen LogP contribution is 2.42. The summed E-state index contributed by atoms with van der Waals surface area (Å²) in [6.07, 6.45) is 0. The summed E-state index contributed by atoms with van der Waals surface area (Å²) < 4.78 is 4.86. The fourth-order valence-corrected chi connectivity index (χ4v) is 12.0. The van der Waals surface area contributed by atoms with Crippen molar-refractivity contribution in [2.24, 2.45) is 0 Å². The Morgan fingerprint density at radius 1 is 0.187 bits per heavy atom. The topological polar surface area (TPSA) is 13.1 Å². The molecule has 15 rings (SSSR count). The highest BCUT2D eigenvalue weighted by Gasteiger charge is 2.19. The molecule has 15 aromatic rings. The number of para-hydroxylation sites is 3. The first-order chi connectivity index (χ1) is 37.2. The maximum absolute atomic E-state index is 2.47. The van der Waals surface area contributed by atoms with Gasteiger partial charge >= 0.3 is 0 Å². The van der Waals surface area contributed by atoms with Gasteiger partial charge in [0.25, 0.3) is 0 Å². The number of benzene rings is 13. The molecule has 0 radical (unpaired) electrons. The van der Waals surface area contributed by atoms with E-state index in [9.17, 15) is 0 Å². The number of anilines is 3. The zero-order valence-corrected chi connectivity index (χ0v) is 41.0. The Hall–Kier alpha value is -9.96. The van der Waals surface area contributed by atoms with Crippen molar-refractivity contribution in [1.82, 2.24) is 9.13 Å². The lowest BCUT2D eigenvalue weighted by atomic mass is 9.94. The SMILES string of the molecule is c1ccc(-c2ccc(N(c3ccccc3)c3ccc(-c4ccc5c(c4)c4cc(-c6ccc(-n7c8ccccc8c8ccccc87)cc6)ccc4n5-c4ccc5c6ccccc6c6ccccc6c5c4)cc3)cc2)cc1. The van der Waals surface area contributed by atoms with Crippen LogP contribution in [-0.4, -0.2) is 9.13 Å². The molecule has 13 aromatic carbocycles. The van der Waals surface area contributed by atoms with E-state index in [1.165, 1.54) is 104 Å². The molecule has 2 aromatic heterocycles. The van der Waals surface area contributed by atoms with Gasteiger partial charge in [0.15, 0.2) is 0 Å². The van der Waals surface area contributed by atoms with Gasteiger partial charge in [-0.15, -0.1) is 0 Å². The second-order valence-electron chi connectivity index (χ2n) is 19.7. The molecule has 0 unspecified atom stereocenters. The number of fused-ring (bicyclic) bond motifs is 12. The lowest BCUT2D eigenvalue weighted by Crippen LogP contribution is -2.09. The molecule has 0 N–H and O–H groups in total. The predicted molar refractivity (Wildman–Crippen MR) is 319 cm³/mol. The first-order valence-corrected chi connectivity index (χ1v) is 25.8. The van der Waals surface area contributed by atoms with Gasteiger partial charge in [-0.05, 0) is 163 Å². The van der Waals surface area contributed by atoms with E-state index in [2.05, 4.69) is 299 Å². The number of hydrogen-bond donors (Lipinski definition) is 0. The largest absolute Gasteiger partial charge is 0.311 e. The third-order valence-corrected chi connectivity index (χ3v) is 15.5. The molecule has 0 aliphatic carbocycles. The fourth-order valence-electron chi connectivity index (χ4n) is 12.0. The minimum Gasteiger partial charge on any atom is -0.311 e. The summed E-state index contributed by atoms with van der Waals surface area (Å²) in [6, 6.07) is 104. The van der Waals surface area contributed by atoms with Gasteiger partial charge in [0.05, 0.1) is 22.1 Å². The van der Waals surface area contributed by atoms with Gasteiger partial charge < -0.3 is 14.0 Å². The Morgan fingerprint density at radius 3 is 1.04 bits per heavy atom. The van der Waals surface area contributed by atoms with E-state index in [0.717, 1.165) is 34.0 Å². The van der Waals surface area contributed by atoms with E-state index in [1.54, 1.807) is 0 Å². The van der Waals surface area contributed by atoms with Crippen molar-refractivity contribution in [2.75, 3.05) is 4.90 Å². The number of nitrogens with zero attached hydrogens (tertiary/aromatic N) is 3. The van der Waals surface area contributed by atoms with Crippen LogP contribution in [0.3, 0.4) is 0 Å². The first-order valence-electron chi connectivity index (χ1n) is 25.8. The monoisotopic (exact) mass is 953 g/mol. The average molecular weight is 954 g/mol. The molecule has 75 heavy (non-hydrogen) atoms. The Labute approximate surface area is 434 Å². The molecular formula is C72H47N3. The molecule has 0 amide bonds. The molecule has 0 aliphatic heterocycles. The van der Waals surface area contributed by atoms with Gasteiger partial charge in [0.1, 0.15) is 0 Å². The molecule has 3 heteroatoms. The van der Waals surface area contributed by atoms with E-state index in [4.69, 9.17) is 0 Å². The molecule has 0 bridgehead atoms. The molecule has 350 valence electrons. The van der Waals surface area contributed by atoms with Crippen LogP contribution < -0.4 is 4.90 Å². The highest BCUT2D eigenvalue weighted by atomic mass is 15.1. The van der Waals surface area contributed by atoms with Crippen LogP contribution in [0.15, 0.2) is 285 Å². The van der Waals surface area contributed by atoms with Crippen molar-refractivity contribution in [1.29, 1.82) is 0 Å². The number of rotatable bonds is 8. The van der Waals surface area contributed by atoms with Crippen LogP contribution in [0.1, 0.15) is 0 Å². The summed E-state index contributed by atoms with van der Waals surface area (Å²) in [5, 5.41) is 12.6. The van der Waals surface area contributed by atoms with Gasteiger partial charge in [-0.1, -0.05) is 188 Å². The Kier molecular flexibility index (Phi) is 9.89. The van der Waals surface area contributed by atoms with E-state index in [1.807, 2.05) is 0 Å². The quantitative estimate of drug-likeness (QED) is 0.138. The van der Waals surface area contributed by atoms with Crippen LogP contribution >= 0.6 is 0 Å². The fraction of sp³-hybridized carbons (Fsp3) is 0.